The summed E-state index contributed by atoms with van der Waals surface area (Å²) in [6.45, 7) is 7.50. The van der Waals surface area contributed by atoms with Crippen molar-refractivity contribution in [1.82, 2.24) is 14.7 Å². The fourth-order valence-electron chi connectivity index (χ4n) is 1.88. The SMILES string of the molecule is CC(C)(C)NCc1c(SCCCO)nc2ccccn12. The monoisotopic (exact) mass is 293 g/mol. The number of imidazole rings is 1. The Kier molecular flexibility index (Phi) is 5.07. The topological polar surface area (TPSA) is 49.6 Å². The van der Waals surface area contributed by atoms with E-state index in [1.54, 1.807) is 11.8 Å². The van der Waals surface area contributed by atoms with Gasteiger partial charge in [0.25, 0.3) is 0 Å². The molecule has 0 fully saturated rings. The molecule has 0 aliphatic carbocycles. The van der Waals surface area contributed by atoms with Gasteiger partial charge in [-0.1, -0.05) is 6.07 Å². The minimum Gasteiger partial charge on any atom is -0.396 e. The lowest BCUT2D eigenvalue weighted by Gasteiger charge is -2.20. The highest BCUT2D eigenvalue weighted by molar-refractivity contribution is 7.99. The molecule has 0 spiro atoms. The molecule has 0 saturated carbocycles. The molecule has 0 atom stereocenters. The first-order valence-electron chi connectivity index (χ1n) is 6.96. The molecule has 0 aliphatic rings. The first-order chi connectivity index (χ1) is 9.51. The van der Waals surface area contributed by atoms with Crippen LogP contribution in [0.2, 0.25) is 0 Å². The summed E-state index contributed by atoms with van der Waals surface area (Å²) < 4.78 is 2.14. The average molecular weight is 293 g/mol. The number of pyridine rings is 1. The van der Waals surface area contributed by atoms with Crippen LogP contribution in [0.3, 0.4) is 0 Å². The number of thioether (sulfide) groups is 1. The number of nitrogens with zero attached hydrogens (tertiary/aromatic N) is 2. The number of rotatable bonds is 6. The molecule has 0 aromatic carbocycles. The van der Waals surface area contributed by atoms with Crippen LogP contribution in [0.1, 0.15) is 32.9 Å². The van der Waals surface area contributed by atoms with Crippen LogP contribution in [0.4, 0.5) is 0 Å². The molecular weight excluding hydrogens is 270 g/mol. The van der Waals surface area contributed by atoms with Crippen molar-refractivity contribution in [3.63, 3.8) is 0 Å². The molecule has 4 nitrogen and oxygen atoms in total. The molecular formula is C15H23N3OS. The van der Waals surface area contributed by atoms with Gasteiger partial charge in [-0.2, -0.15) is 0 Å². The molecule has 0 amide bonds. The molecule has 110 valence electrons. The van der Waals surface area contributed by atoms with Gasteiger partial charge in [0.1, 0.15) is 10.7 Å². The van der Waals surface area contributed by atoms with Gasteiger partial charge in [-0.25, -0.2) is 4.98 Å². The number of fused-ring (bicyclic) bond motifs is 1. The van der Waals surface area contributed by atoms with Crippen LogP contribution >= 0.6 is 11.8 Å². The fourth-order valence-corrected chi connectivity index (χ4v) is 2.85. The van der Waals surface area contributed by atoms with Crippen LogP contribution in [0, 0.1) is 0 Å². The number of aliphatic hydroxyl groups excluding tert-OH is 1. The minimum absolute atomic E-state index is 0.0754. The van der Waals surface area contributed by atoms with Gasteiger partial charge in [0.15, 0.2) is 0 Å². The van der Waals surface area contributed by atoms with Gasteiger partial charge in [-0.3, -0.25) is 0 Å². The third kappa shape index (κ3) is 3.98. The van der Waals surface area contributed by atoms with Crippen LogP contribution in [-0.4, -0.2) is 32.4 Å². The van der Waals surface area contributed by atoms with Gasteiger partial charge < -0.3 is 14.8 Å². The third-order valence-electron chi connectivity index (χ3n) is 2.92. The number of aromatic nitrogens is 2. The van der Waals surface area contributed by atoms with Crippen LogP contribution in [0.15, 0.2) is 29.4 Å². The van der Waals surface area contributed by atoms with E-state index in [-0.39, 0.29) is 12.1 Å². The van der Waals surface area contributed by atoms with Crippen molar-refractivity contribution in [1.29, 1.82) is 0 Å². The Bertz CT molecular complexity index is 560. The molecule has 20 heavy (non-hydrogen) atoms. The molecule has 0 aliphatic heterocycles. The van der Waals surface area contributed by atoms with Crippen molar-refractivity contribution in [2.75, 3.05) is 12.4 Å². The van der Waals surface area contributed by atoms with Crippen LogP contribution in [-0.2, 0) is 6.54 Å². The van der Waals surface area contributed by atoms with Gasteiger partial charge in [0.2, 0.25) is 0 Å². The molecule has 2 aromatic rings. The summed E-state index contributed by atoms with van der Waals surface area (Å²) in [7, 11) is 0. The van der Waals surface area contributed by atoms with E-state index in [0.717, 1.165) is 29.4 Å². The van der Waals surface area contributed by atoms with Gasteiger partial charge in [0, 0.05) is 30.6 Å². The lowest BCUT2D eigenvalue weighted by atomic mass is 10.1. The first-order valence-corrected chi connectivity index (χ1v) is 7.94. The van der Waals surface area contributed by atoms with E-state index >= 15 is 0 Å². The molecule has 0 bridgehead atoms. The van der Waals surface area contributed by atoms with Gasteiger partial charge in [-0.15, -0.1) is 11.8 Å². The second kappa shape index (κ2) is 6.61. The highest BCUT2D eigenvalue weighted by Crippen LogP contribution is 2.24. The number of aliphatic hydroxyl groups is 1. The Morgan fingerprint density at radius 2 is 2.15 bits per heavy atom. The van der Waals surface area contributed by atoms with Crippen molar-refractivity contribution in [2.24, 2.45) is 0 Å². The molecule has 2 N–H and O–H groups in total. The van der Waals surface area contributed by atoms with Crippen molar-refractivity contribution in [3.05, 3.63) is 30.1 Å². The van der Waals surface area contributed by atoms with E-state index in [1.165, 1.54) is 5.69 Å². The van der Waals surface area contributed by atoms with Crippen molar-refractivity contribution >= 4 is 17.4 Å². The standard InChI is InChI=1S/C15H23N3OS/c1-15(2,3)16-11-12-14(20-10-6-9-19)17-13-7-4-5-8-18(12)13/h4-5,7-8,16,19H,6,9-11H2,1-3H3. The predicted molar refractivity (Wildman–Crippen MR) is 84.2 cm³/mol. The maximum absolute atomic E-state index is 8.91. The van der Waals surface area contributed by atoms with Crippen LogP contribution < -0.4 is 5.32 Å². The summed E-state index contributed by atoms with van der Waals surface area (Å²) in [5, 5.41) is 13.5. The number of hydrogen-bond acceptors (Lipinski definition) is 4. The van der Waals surface area contributed by atoms with Crippen LogP contribution in [0.25, 0.3) is 5.65 Å². The first kappa shape index (κ1) is 15.4. The number of nitrogens with one attached hydrogen (secondary N) is 1. The fraction of sp³-hybridized carbons (Fsp3) is 0.533. The Labute approximate surface area is 124 Å². The predicted octanol–water partition coefficient (Wildman–Crippen LogP) is 2.70. The van der Waals surface area contributed by atoms with Crippen molar-refractivity contribution in [2.45, 2.75) is 44.3 Å². The Hall–Kier alpha value is -1.04. The molecule has 2 aromatic heterocycles. The van der Waals surface area contributed by atoms with E-state index in [1.807, 2.05) is 18.2 Å². The Balaban J connectivity index is 2.24. The number of hydrogen-bond donors (Lipinski definition) is 2. The zero-order chi connectivity index (χ0) is 14.6. The lowest BCUT2D eigenvalue weighted by Crippen LogP contribution is -2.35. The summed E-state index contributed by atoms with van der Waals surface area (Å²) in [6.07, 6.45) is 2.85. The zero-order valence-corrected chi connectivity index (χ0v) is 13.2. The molecule has 0 radical (unpaired) electrons. The van der Waals surface area contributed by atoms with Gasteiger partial charge in [-0.05, 0) is 39.3 Å². The summed E-state index contributed by atoms with van der Waals surface area (Å²) in [5.74, 6) is 0.892. The summed E-state index contributed by atoms with van der Waals surface area (Å²) in [4.78, 5) is 4.69. The third-order valence-corrected chi connectivity index (χ3v) is 4.01. The van der Waals surface area contributed by atoms with E-state index in [0.29, 0.717) is 0 Å². The summed E-state index contributed by atoms with van der Waals surface area (Å²) >= 11 is 1.72. The van der Waals surface area contributed by atoms with Crippen LogP contribution in [0.5, 0.6) is 0 Å². The largest absolute Gasteiger partial charge is 0.396 e. The maximum atomic E-state index is 8.91. The average Bonchev–Trinajstić information content (AvgIpc) is 2.73. The van der Waals surface area contributed by atoms with Gasteiger partial charge in [0.05, 0.1) is 5.69 Å². The Morgan fingerprint density at radius 3 is 2.85 bits per heavy atom. The minimum atomic E-state index is 0.0754. The quantitative estimate of drug-likeness (QED) is 0.635. The lowest BCUT2D eigenvalue weighted by molar-refractivity contribution is 0.296. The molecule has 5 heteroatoms. The van der Waals surface area contributed by atoms with E-state index in [4.69, 9.17) is 5.11 Å². The van der Waals surface area contributed by atoms with Crippen molar-refractivity contribution < 1.29 is 5.11 Å². The molecule has 0 unspecified atom stereocenters. The summed E-state index contributed by atoms with van der Waals surface area (Å²) in [6, 6.07) is 6.06. The molecule has 0 saturated heterocycles. The van der Waals surface area contributed by atoms with Crippen molar-refractivity contribution in [3.8, 4) is 0 Å². The highest BCUT2D eigenvalue weighted by Gasteiger charge is 2.15. The molecule has 2 rings (SSSR count). The highest BCUT2D eigenvalue weighted by atomic mass is 32.2. The second-order valence-corrected chi connectivity index (χ2v) is 6.91. The molecule has 2 heterocycles. The zero-order valence-electron chi connectivity index (χ0n) is 12.4. The Morgan fingerprint density at radius 1 is 1.35 bits per heavy atom. The smallest absolute Gasteiger partial charge is 0.138 e. The van der Waals surface area contributed by atoms with E-state index < -0.39 is 0 Å². The maximum Gasteiger partial charge on any atom is 0.138 e. The van der Waals surface area contributed by atoms with Gasteiger partial charge >= 0.3 is 0 Å². The normalized spacial score (nSPS) is 12.2. The summed E-state index contributed by atoms with van der Waals surface area (Å²) in [5.41, 5.74) is 2.24. The van der Waals surface area contributed by atoms with E-state index in [9.17, 15) is 0 Å². The second-order valence-electron chi connectivity index (χ2n) is 5.82. The van der Waals surface area contributed by atoms with E-state index in [2.05, 4.69) is 41.7 Å².